The maximum atomic E-state index is 12.5. The van der Waals surface area contributed by atoms with Crippen LogP contribution >= 0.6 is 11.3 Å². The highest BCUT2D eigenvalue weighted by Gasteiger charge is 2.29. The molecule has 0 aliphatic heterocycles. The van der Waals surface area contributed by atoms with E-state index >= 15 is 0 Å². The van der Waals surface area contributed by atoms with Crippen molar-refractivity contribution >= 4 is 27.5 Å². The lowest BCUT2D eigenvalue weighted by Gasteiger charge is -2.28. The Kier molecular flexibility index (Phi) is 6.33. The standard InChI is InChI=1S/C13H22N2O4S2/c1-10-6-7-12(20-10)11(2)15(4)21(17,18)14(3)9-8-13(16)19-5/h6-7,11H,8-9H2,1-5H3. The van der Waals surface area contributed by atoms with Gasteiger partial charge in [0.15, 0.2) is 0 Å². The molecule has 0 amide bonds. The number of carbonyl (C=O) groups is 1. The Morgan fingerprint density at radius 3 is 2.48 bits per heavy atom. The van der Waals surface area contributed by atoms with Crippen LogP contribution < -0.4 is 0 Å². The molecule has 6 nitrogen and oxygen atoms in total. The number of nitrogens with zero attached hydrogens (tertiary/aromatic N) is 2. The minimum atomic E-state index is -3.62. The van der Waals surface area contributed by atoms with Crippen LogP contribution in [0.1, 0.15) is 29.1 Å². The minimum Gasteiger partial charge on any atom is -0.469 e. The van der Waals surface area contributed by atoms with Crippen molar-refractivity contribution in [1.29, 1.82) is 0 Å². The number of methoxy groups -OCH3 is 1. The second-order valence-corrected chi connectivity index (χ2v) is 8.21. The van der Waals surface area contributed by atoms with Gasteiger partial charge in [0.1, 0.15) is 0 Å². The molecule has 0 saturated carbocycles. The first kappa shape index (κ1) is 18.1. The van der Waals surface area contributed by atoms with E-state index < -0.39 is 16.2 Å². The number of aryl methyl sites for hydroxylation is 1. The highest BCUT2D eigenvalue weighted by molar-refractivity contribution is 7.86. The van der Waals surface area contributed by atoms with Crippen molar-refractivity contribution in [2.24, 2.45) is 0 Å². The van der Waals surface area contributed by atoms with Gasteiger partial charge in [0.2, 0.25) is 0 Å². The minimum absolute atomic E-state index is 0.0343. The fourth-order valence-electron chi connectivity index (χ4n) is 1.74. The summed E-state index contributed by atoms with van der Waals surface area (Å²) in [6, 6.07) is 3.65. The number of carbonyl (C=O) groups excluding carboxylic acids is 1. The van der Waals surface area contributed by atoms with E-state index in [0.29, 0.717) is 0 Å². The molecule has 0 saturated heterocycles. The predicted octanol–water partition coefficient (Wildman–Crippen LogP) is 1.79. The van der Waals surface area contributed by atoms with Gasteiger partial charge >= 0.3 is 5.97 Å². The zero-order valence-corrected chi connectivity index (χ0v) is 14.6. The summed E-state index contributed by atoms with van der Waals surface area (Å²) < 4.78 is 31.9. The number of thiophene rings is 1. The average Bonchev–Trinajstić information content (AvgIpc) is 2.88. The molecule has 1 heterocycles. The van der Waals surface area contributed by atoms with Crippen molar-refractivity contribution in [3.05, 3.63) is 21.9 Å². The van der Waals surface area contributed by atoms with Gasteiger partial charge in [-0.15, -0.1) is 11.3 Å². The molecule has 21 heavy (non-hydrogen) atoms. The van der Waals surface area contributed by atoms with Crippen molar-refractivity contribution in [3.8, 4) is 0 Å². The van der Waals surface area contributed by atoms with E-state index in [1.54, 1.807) is 18.4 Å². The molecular formula is C13H22N2O4S2. The van der Waals surface area contributed by atoms with Gasteiger partial charge in [0.25, 0.3) is 10.2 Å². The first-order valence-corrected chi connectivity index (χ1v) is 8.74. The van der Waals surface area contributed by atoms with Gasteiger partial charge in [0.05, 0.1) is 19.6 Å². The maximum absolute atomic E-state index is 12.5. The van der Waals surface area contributed by atoms with E-state index in [1.165, 1.54) is 22.8 Å². The highest BCUT2D eigenvalue weighted by atomic mass is 32.2. The lowest BCUT2D eigenvalue weighted by atomic mass is 10.3. The monoisotopic (exact) mass is 334 g/mol. The van der Waals surface area contributed by atoms with Crippen molar-refractivity contribution < 1.29 is 17.9 Å². The summed E-state index contributed by atoms with van der Waals surface area (Å²) in [6.07, 6.45) is 0.0343. The molecule has 1 aromatic rings. The molecule has 0 bridgehead atoms. The Morgan fingerprint density at radius 2 is 2.00 bits per heavy atom. The molecular weight excluding hydrogens is 312 g/mol. The molecule has 1 atom stereocenters. The van der Waals surface area contributed by atoms with Gasteiger partial charge in [-0.25, -0.2) is 0 Å². The van der Waals surface area contributed by atoms with Crippen molar-refractivity contribution in [3.63, 3.8) is 0 Å². The summed E-state index contributed by atoms with van der Waals surface area (Å²) in [4.78, 5) is 13.2. The Bertz CT molecular complexity index is 583. The molecule has 1 unspecified atom stereocenters. The molecule has 0 aliphatic carbocycles. The van der Waals surface area contributed by atoms with E-state index in [4.69, 9.17) is 0 Å². The smallest absolute Gasteiger partial charge is 0.306 e. The molecule has 0 aromatic carbocycles. The van der Waals surface area contributed by atoms with Crippen LogP contribution in [0.2, 0.25) is 0 Å². The maximum Gasteiger partial charge on any atom is 0.306 e. The van der Waals surface area contributed by atoms with Gasteiger partial charge in [-0.1, -0.05) is 0 Å². The van der Waals surface area contributed by atoms with Gasteiger partial charge in [0, 0.05) is 30.4 Å². The van der Waals surface area contributed by atoms with Gasteiger partial charge in [-0.2, -0.15) is 17.0 Å². The number of esters is 1. The molecule has 1 aromatic heterocycles. The van der Waals surface area contributed by atoms with Crippen LogP contribution in [-0.4, -0.2) is 50.7 Å². The first-order valence-electron chi connectivity index (χ1n) is 6.52. The largest absolute Gasteiger partial charge is 0.469 e. The number of ether oxygens (including phenoxy) is 1. The topological polar surface area (TPSA) is 66.9 Å². The Morgan fingerprint density at radius 1 is 1.38 bits per heavy atom. The van der Waals surface area contributed by atoms with E-state index in [1.807, 2.05) is 26.0 Å². The normalized spacial score (nSPS) is 13.7. The molecule has 120 valence electrons. The number of rotatable bonds is 7. The van der Waals surface area contributed by atoms with Crippen LogP contribution in [0.4, 0.5) is 0 Å². The average molecular weight is 334 g/mol. The molecule has 0 spiro atoms. The quantitative estimate of drug-likeness (QED) is 0.713. The van der Waals surface area contributed by atoms with Crippen LogP contribution in [0.3, 0.4) is 0 Å². The molecule has 1 rings (SSSR count). The number of hydrogen-bond acceptors (Lipinski definition) is 5. The SMILES string of the molecule is COC(=O)CCN(C)S(=O)(=O)N(C)C(C)c1ccc(C)s1. The van der Waals surface area contributed by atoms with Crippen LogP contribution in [0.15, 0.2) is 12.1 Å². The second kappa shape index (κ2) is 7.35. The van der Waals surface area contributed by atoms with Crippen LogP contribution in [-0.2, 0) is 19.7 Å². The third-order valence-electron chi connectivity index (χ3n) is 3.33. The molecule has 0 N–H and O–H groups in total. The van der Waals surface area contributed by atoms with Crippen molar-refractivity contribution in [2.45, 2.75) is 26.3 Å². The summed E-state index contributed by atoms with van der Waals surface area (Å²) >= 11 is 1.58. The van der Waals surface area contributed by atoms with Crippen LogP contribution in [0.25, 0.3) is 0 Å². The summed E-state index contributed by atoms with van der Waals surface area (Å²) in [6.45, 7) is 3.92. The Balaban J connectivity index is 2.78. The molecule has 0 fully saturated rings. The zero-order chi connectivity index (χ0) is 16.2. The highest BCUT2D eigenvalue weighted by Crippen LogP contribution is 2.28. The fraction of sp³-hybridized carbons (Fsp3) is 0.615. The zero-order valence-electron chi connectivity index (χ0n) is 13.0. The van der Waals surface area contributed by atoms with Crippen LogP contribution in [0.5, 0.6) is 0 Å². The van der Waals surface area contributed by atoms with Crippen LogP contribution in [0, 0.1) is 6.92 Å². The summed E-state index contributed by atoms with van der Waals surface area (Å²) in [5, 5.41) is 0. The predicted molar refractivity (Wildman–Crippen MR) is 83.4 cm³/mol. The number of hydrogen-bond donors (Lipinski definition) is 0. The third-order valence-corrected chi connectivity index (χ3v) is 6.52. The van der Waals surface area contributed by atoms with Crippen molar-refractivity contribution in [2.75, 3.05) is 27.7 Å². The van der Waals surface area contributed by atoms with Gasteiger partial charge in [-0.05, 0) is 26.0 Å². The summed E-state index contributed by atoms with van der Waals surface area (Å²) in [5.41, 5.74) is 0. The van der Waals surface area contributed by atoms with E-state index in [9.17, 15) is 13.2 Å². The van der Waals surface area contributed by atoms with Gasteiger partial charge in [-0.3, -0.25) is 4.79 Å². The molecule has 0 aliphatic rings. The van der Waals surface area contributed by atoms with E-state index in [-0.39, 0.29) is 19.0 Å². The Hall–Kier alpha value is -0.960. The second-order valence-electron chi connectivity index (χ2n) is 4.80. The summed E-state index contributed by atoms with van der Waals surface area (Å²) in [5.74, 6) is -0.429. The summed E-state index contributed by atoms with van der Waals surface area (Å²) in [7, 11) is 0.671. The van der Waals surface area contributed by atoms with Gasteiger partial charge < -0.3 is 4.74 Å². The lowest BCUT2D eigenvalue weighted by molar-refractivity contribution is -0.140. The molecule has 8 heteroatoms. The Labute approximate surface area is 130 Å². The van der Waals surface area contributed by atoms with Crippen molar-refractivity contribution in [1.82, 2.24) is 8.61 Å². The first-order chi connectivity index (χ1) is 9.70. The lowest BCUT2D eigenvalue weighted by Crippen LogP contribution is -2.41. The van der Waals surface area contributed by atoms with E-state index in [0.717, 1.165) is 9.75 Å². The third kappa shape index (κ3) is 4.50. The van der Waals surface area contributed by atoms with E-state index in [2.05, 4.69) is 4.74 Å². The molecule has 0 radical (unpaired) electrons. The fourth-order valence-corrected chi connectivity index (χ4v) is 4.06.